The van der Waals surface area contributed by atoms with Crippen molar-refractivity contribution in [1.82, 2.24) is 15.2 Å². The third-order valence-electron chi connectivity index (χ3n) is 5.87. The van der Waals surface area contributed by atoms with Gasteiger partial charge in [0.2, 0.25) is 11.8 Å². The first-order valence-corrected chi connectivity index (χ1v) is 10.1. The van der Waals surface area contributed by atoms with Gasteiger partial charge in [0, 0.05) is 25.3 Å². The van der Waals surface area contributed by atoms with E-state index in [-0.39, 0.29) is 11.8 Å². The van der Waals surface area contributed by atoms with Crippen molar-refractivity contribution in [1.29, 1.82) is 0 Å². The van der Waals surface area contributed by atoms with Crippen molar-refractivity contribution in [3.63, 3.8) is 0 Å². The molecule has 8 heteroatoms. The van der Waals surface area contributed by atoms with Crippen LogP contribution in [-0.4, -0.2) is 40.3 Å². The molecule has 3 atom stereocenters. The summed E-state index contributed by atoms with van der Waals surface area (Å²) in [7, 11) is 0. The number of nitrogen functional groups attached to an aromatic ring is 1. The molecule has 0 bridgehead atoms. The van der Waals surface area contributed by atoms with E-state index >= 15 is 0 Å². The molecule has 1 aliphatic rings. The lowest BCUT2D eigenvalue weighted by atomic mass is 9.95. The Bertz CT molecular complexity index is 932. The molecule has 160 valence electrons. The molecule has 2 aromatic rings. The van der Waals surface area contributed by atoms with Gasteiger partial charge in [0.1, 0.15) is 5.82 Å². The number of aryl methyl sites for hydroxylation is 1. The third kappa shape index (κ3) is 4.77. The molecule has 8 nitrogen and oxygen atoms in total. The minimum Gasteiger partial charge on any atom is -0.384 e. The van der Waals surface area contributed by atoms with E-state index in [4.69, 9.17) is 17.2 Å². The van der Waals surface area contributed by atoms with Crippen LogP contribution < -0.4 is 22.5 Å². The first kappa shape index (κ1) is 21.7. The Morgan fingerprint density at radius 3 is 2.73 bits per heavy atom. The highest BCUT2D eigenvalue weighted by atomic mass is 16.2. The summed E-state index contributed by atoms with van der Waals surface area (Å²) in [5.74, 6) is -0.00519. The molecule has 30 heavy (non-hydrogen) atoms. The molecular weight excluding hydrogens is 380 g/mol. The summed E-state index contributed by atoms with van der Waals surface area (Å²) >= 11 is 0. The smallest absolute Gasteiger partial charge is 0.237 e. The molecule has 1 fully saturated rings. The van der Waals surface area contributed by atoms with E-state index in [9.17, 15) is 9.59 Å². The maximum Gasteiger partial charge on any atom is 0.237 e. The van der Waals surface area contributed by atoms with Crippen molar-refractivity contribution in [3.8, 4) is 0 Å². The van der Waals surface area contributed by atoms with E-state index < -0.39 is 18.0 Å². The summed E-state index contributed by atoms with van der Waals surface area (Å²) in [6, 6.07) is 10.6. The number of pyridine rings is 1. The van der Waals surface area contributed by atoms with E-state index in [2.05, 4.69) is 16.4 Å². The predicted octanol–water partition coefficient (Wildman–Crippen LogP) is 0.779. The molecule has 2 unspecified atom stereocenters. The molecule has 2 heterocycles. The summed E-state index contributed by atoms with van der Waals surface area (Å²) in [4.78, 5) is 31.0. The van der Waals surface area contributed by atoms with Gasteiger partial charge >= 0.3 is 0 Å². The molecule has 1 aromatic heterocycles. The zero-order valence-electron chi connectivity index (χ0n) is 17.5. The van der Waals surface area contributed by atoms with Gasteiger partial charge in [-0.1, -0.05) is 30.3 Å². The normalized spacial score (nSPS) is 20.1. The molecule has 0 aliphatic carbocycles. The molecule has 0 spiro atoms. The Morgan fingerprint density at radius 1 is 1.30 bits per heavy atom. The van der Waals surface area contributed by atoms with Crippen LogP contribution in [0.5, 0.6) is 0 Å². The fourth-order valence-electron chi connectivity index (χ4n) is 4.06. The number of anilines is 1. The lowest BCUT2D eigenvalue weighted by Gasteiger charge is -2.28. The number of likely N-dealkylation sites (tertiary alicyclic amines) is 1. The van der Waals surface area contributed by atoms with Crippen LogP contribution in [0.2, 0.25) is 0 Å². The van der Waals surface area contributed by atoms with E-state index in [0.29, 0.717) is 31.9 Å². The first-order chi connectivity index (χ1) is 14.3. The minimum atomic E-state index is -0.493. The second-order valence-electron chi connectivity index (χ2n) is 7.87. The van der Waals surface area contributed by atoms with Gasteiger partial charge in [0.05, 0.1) is 12.1 Å². The number of amides is 2. The van der Waals surface area contributed by atoms with E-state index in [0.717, 1.165) is 22.4 Å². The number of aromatic nitrogens is 1. The standard InChI is InChI=1S/C22H30N6O2/c1-13-17(6-7-20(24)27-13)11-26-22(30)14(2)28-12-18(9-19(28)21(25)29)16-5-3-4-15(8-16)10-23/h3-8,14,18-19H,9-12,23H2,1-2H3,(H2,24,27)(H2,25,29)(H,26,30)/t14-,18?,19?/m0/s1. The van der Waals surface area contributed by atoms with Gasteiger partial charge < -0.3 is 22.5 Å². The Hall–Kier alpha value is -2.97. The van der Waals surface area contributed by atoms with Crippen molar-refractivity contribution in [2.45, 2.75) is 51.4 Å². The number of carbonyl (C=O) groups is 2. The number of hydrogen-bond donors (Lipinski definition) is 4. The van der Waals surface area contributed by atoms with Crippen molar-refractivity contribution in [2.24, 2.45) is 11.5 Å². The van der Waals surface area contributed by atoms with Gasteiger partial charge in [0.15, 0.2) is 0 Å². The van der Waals surface area contributed by atoms with Gasteiger partial charge in [0.25, 0.3) is 0 Å². The molecule has 0 saturated carbocycles. The molecule has 1 saturated heterocycles. The summed E-state index contributed by atoms with van der Waals surface area (Å²) < 4.78 is 0. The van der Waals surface area contributed by atoms with E-state index in [1.807, 2.05) is 36.1 Å². The van der Waals surface area contributed by atoms with Gasteiger partial charge in [-0.15, -0.1) is 0 Å². The van der Waals surface area contributed by atoms with Crippen molar-refractivity contribution in [2.75, 3.05) is 12.3 Å². The lowest BCUT2D eigenvalue weighted by molar-refractivity contribution is -0.129. The maximum absolute atomic E-state index is 12.8. The summed E-state index contributed by atoms with van der Waals surface area (Å²) in [6.07, 6.45) is 0.585. The van der Waals surface area contributed by atoms with Crippen molar-refractivity contribution in [3.05, 3.63) is 58.8 Å². The highest BCUT2D eigenvalue weighted by Gasteiger charge is 2.40. The van der Waals surface area contributed by atoms with Crippen LogP contribution in [0.25, 0.3) is 0 Å². The van der Waals surface area contributed by atoms with Crippen LogP contribution >= 0.6 is 0 Å². The van der Waals surface area contributed by atoms with Crippen LogP contribution in [0.3, 0.4) is 0 Å². The second-order valence-corrected chi connectivity index (χ2v) is 7.87. The summed E-state index contributed by atoms with van der Waals surface area (Å²) in [6.45, 7) is 5.04. The van der Waals surface area contributed by atoms with Crippen LogP contribution in [0.1, 0.15) is 41.6 Å². The fraction of sp³-hybridized carbons (Fsp3) is 0.409. The third-order valence-corrected chi connectivity index (χ3v) is 5.87. The van der Waals surface area contributed by atoms with Gasteiger partial charge in [-0.05, 0) is 48.9 Å². The largest absolute Gasteiger partial charge is 0.384 e. The SMILES string of the molecule is Cc1nc(N)ccc1CNC(=O)[C@H](C)N1CC(c2cccc(CN)c2)CC1C(N)=O. The predicted molar refractivity (Wildman–Crippen MR) is 116 cm³/mol. The lowest BCUT2D eigenvalue weighted by Crippen LogP contribution is -2.51. The van der Waals surface area contributed by atoms with Gasteiger partial charge in [-0.3, -0.25) is 14.5 Å². The van der Waals surface area contributed by atoms with Crippen molar-refractivity contribution < 1.29 is 9.59 Å². The molecule has 1 aliphatic heterocycles. The van der Waals surface area contributed by atoms with Crippen molar-refractivity contribution >= 4 is 17.6 Å². The summed E-state index contributed by atoms with van der Waals surface area (Å²) in [5, 5.41) is 2.94. The Morgan fingerprint density at radius 2 is 2.07 bits per heavy atom. The first-order valence-electron chi connectivity index (χ1n) is 10.1. The number of nitrogens with one attached hydrogen (secondary N) is 1. The minimum absolute atomic E-state index is 0.118. The topological polar surface area (TPSA) is 140 Å². The van der Waals surface area contributed by atoms with Crippen LogP contribution in [0.15, 0.2) is 36.4 Å². The monoisotopic (exact) mass is 410 g/mol. The number of benzene rings is 1. The second kappa shape index (κ2) is 9.23. The molecule has 0 radical (unpaired) electrons. The molecule has 1 aromatic carbocycles. The zero-order chi connectivity index (χ0) is 21.8. The number of nitrogens with zero attached hydrogens (tertiary/aromatic N) is 2. The van der Waals surface area contributed by atoms with Crippen LogP contribution in [0.4, 0.5) is 5.82 Å². The number of primary amides is 1. The average Bonchev–Trinajstić information content (AvgIpc) is 3.18. The van der Waals surface area contributed by atoms with Crippen LogP contribution in [0, 0.1) is 6.92 Å². The molecule has 7 N–H and O–H groups in total. The quantitative estimate of drug-likeness (QED) is 0.532. The fourth-order valence-corrected chi connectivity index (χ4v) is 4.06. The number of hydrogen-bond acceptors (Lipinski definition) is 6. The Kier molecular flexibility index (Phi) is 6.69. The van der Waals surface area contributed by atoms with Gasteiger partial charge in [-0.2, -0.15) is 0 Å². The summed E-state index contributed by atoms with van der Waals surface area (Å²) in [5.41, 5.74) is 20.9. The van der Waals surface area contributed by atoms with E-state index in [1.165, 1.54) is 0 Å². The van der Waals surface area contributed by atoms with E-state index in [1.54, 1.807) is 13.0 Å². The highest BCUT2D eigenvalue weighted by molar-refractivity contribution is 5.84. The maximum atomic E-state index is 12.8. The highest BCUT2D eigenvalue weighted by Crippen LogP contribution is 2.33. The zero-order valence-corrected chi connectivity index (χ0v) is 17.5. The number of nitrogens with two attached hydrogens (primary N) is 3. The Balaban J connectivity index is 1.70. The van der Waals surface area contributed by atoms with Gasteiger partial charge in [-0.25, -0.2) is 4.98 Å². The molecule has 3 rings (SSSR count). The molecular formula is C22H30N6O2. The average molecular weight is 411 g/mol. The number of carbonyl (C=O) groups excluding carboxylic acids is 2. The number of rotatable bonds is 7. The van der Waals surface area contributed by atoms with Crippen LogP contribution in [-0.2, 0) is 22.7 Å². The Labute approximate surface area is 176 Å². The molecule has 2 amide bonds.